The molecule has 0 bridgehead atoms. The number of benzene rings is 7. The highest BCUT2D eigenvalue weighted by atomic mass is 32.1. The molecule has 7 aromatic carbocycles. The van der Waals surface area contributed by atoms with E-state index in [4.69, 9.17) is 0 Å². The number of aromatic nitrogens is 2. The third-order valence-corrected chi connectivity index (χ3v) is 12.4. The smallest absolute Gasteiger partial charge is 0.0991 e. The Morgan fingerprint density at radius 1 is 0.360 bits per heavy atom. The Morgan fingerprint density at radius 3 is 1.54 bits per heavy atom. The molecule has 0 aliphatic heterocycles. The van der Waals surface area contributed by atoms with Crippen molar-refractivity contribution in [1.82, 2.24) is 9.13 Å². The van der Waals surface area contributed by atoms with Crippen LogP contribution in [0.1, 0.15) is 11.1 Å². The first kappa shape index (κ1) is 27.5. The van der Waals surface area contributed by atoms with Crippen LogP contribution < -0.4 is 0 Å². The summed E-state index contributed by atoms with van der Waals surface area (Å²) in [6.07, 6.45) is 0. The molecule has 0 saturated carbocycles. The van der Waals surface area contributed by atoms with Crippen LogP contribution in [0.2, 0.25) is 0 Å². The van der Waals surface area contributed by atoms with Crippen LogP contribution in [0.4, 0.5) is 0 Å². The van der Waals surface area contributed by atoms with Gasteiger partial charge < -0.3 is 9.13 Å². The summed E-state index contributed by atoms with van der Waals surface area (Å²) in [5, 5.41) is 28.8. The predicted molar refractivity (Wildman–Crippen MR) is 210 cm³/mol. The molecule has 4 heterocycles. The van der Waals surface area contributed by atoms with Crippen molar-refractivity contribution in [2.45, 2.75) is 0 Å². The van der Waals surface area contributed by atoms with E-state index in [1.807, 2.05) is 46.9 Å². The zero-order chi connectivity index (χ0) is 33.1. The Kier molecular flexibility index (Phi) is 5.52. The minimum absolute atomic E-state index is 0.661. The van der Waals surface area contributed by atoms with Gasteiger partial charge in [-0.25, -0.2) is 0 Å². The quantitative estimate of drug-likeness (QED) is 0.184. The lowest BCUT2D eigenvalue weighted by molar-refractivity contribution is 1.18. The van der Waals surface area contributed by atoms with Crippen molar-refractivity contribution in [3.05, 3.63) is 145 Å². The summed E-state index contributed by atoms with van der Waals surface area (Å²) in [4.78, 5) is 0. The van der Waals surface area contributed by atoms with Crippen LogP contribution in [0.5, 0.6) is 0 Å². The summed E-state index contributed by atoms with van der Waals surface area (Å²) in [5.74, 6) is 0. The number of hydrogen-bond donors (Lipinski definition) is 0. The maximum atomic E-state index is 9.82. The first-order valence-corrected chi connectivity index (χ1v) is 18.0. The molecule has 0 amide bonds. The first-order valence-electron chi connectivity index (χ1n) is 16.4. The molecule has 0 aliphatic carbocycles. The fourth-order valence-corrected chi connectivity index (χ4v) is 10.1. The molecule has 0 spiro atoms. The molecule has 0 atom stereocenters. The van der Waals surface area contributed by atoms with Crippen LogP contribution in [-0.4, -0.2) is 9.13 Å². The molecule has 11 rings (SSSR count). The summed E-state index contributed by atoms with van der Waals surface area (Å²) in [6.45, 7) is 0. The van der Waals surface area contributed by atoms with Crippen molar-refractivity contribution in [3.63, 3.8) is 0 Å². The lowest BCUT2D eigenvalue weighted by Gasteiger charge is -2.10. The second-order valence-corrected chi connectivity index (χ2v) is 15.0. The Morgan fingerprint density at radius 2 is 0.860 bits per heavy atom. The second kappa shape index (κ2) is 10.0. The van der Waals surface area contributed by atoms with Gasteiger partial charge in [-0.1, -0.05) is 36.4 Å². The Hall–Kier alpha value is -6.44. The normalized spacial score (nSPS) is 12.0. The molecule has 0 aliphatic rings. The van der Waals surface area contributed by atoms with E-state index in [2.05, 4.69) is 130 Å². The monoisotopic (exact) mass is 670 g/mol. The molecule has 230 valence electrons. The number of fused-ring (bicyclic) bond motifs is 12. The van der Waals surface area contributed by atoms with Crippen molar-refractivity contribution >= 4 is 107 Å². The summed E-state index contributed by atoms with van der Waals surface area (Å²) in [6, 6.07) is 51.9. The van der Waals surface area contributed by atoms with E-state index in [1.54, 1.807) is 0 Å². The van der Waals surface area contributed by atoms with Crippen LogP contribution in [0.25, 0.3) is 95.3 Å². The molecule has 0 unspecified atom stereocenters. The summed E-state index contributed by atoms with van der Waals surface area (Å²) >= 11 is 3.63. The highest BCUT2D eigenvalue weighted by molar-refractivity contribution is 7.26. The van der Waals surface area contributed by atoms with Crippen molar-refractivity contribution in [1.29, 1.82) is 10.5 Å². The highest BCUT2D eigenvalue weighted by Crippen LogP contribution is 2.43. The maximum absolute atomic E-state index is 9.82. The van der Waals surface area contributed by atoms with E-state index < -0.39 is 0 Å². The molecular formula is C44H22N4S2. The van der Waals surface area contributed by atoms with E-state index in [0.717, 1.165) is 55.0 Å². The van der Waals surface area contributed by atoms with Crippen LogP contribution in [0.15, 0.2) is 133 Å². The molecule has 0 N–H and O–H groups in total. The van der Waals surface area contributed by atoms with Gasteiger partial charge in [0.2, 0.25) is 0 Å². The SMILES string of the molecule is N#Cc1ccc2c(c1)c1ccccc1n2-c1ccc2sc3ccc(-n4c5ccc(C#N)cc5c5cc6sc7ccccc7c6cc54)cc3c2c1. The number of hydrogen-bond acceptors (Lipinski definition) is 4. The summed E-state index contributed by atoms with van der Waals surface area (Å²) < 4.78 is 9.68. The summed E-state index contributed by atoms with van der Waals surface area (Å²) in [5.41, 5.74) is 7.92. The fraction of sp³-hybridized carbons (Fsp3) is 0. The molecule has 4 nitrogen and oxygen atoms in total. The molecule has 0 fully saturated rings. The Balaban J connectivity index is 1.18. The molecule has 6 heteroatoms. The topological polar surface area (TPSA) is 57.4 Å². The van der Waals surface area contributed by atoms with Gasteiger partial charge in [-0.2, -0.15) is 10.5 Å². The van der Waals surface area contributed by atoms with Gasteiger partial charge in [0.25, 0.3) is 0 Å². The van der Waals surface area contributed by atoms with Gasteiger partial charge in [0.1, 0.15) is 0 Å². The van der Waals surface area contributed by atoms with E-state index in [9.17, 15) is 10.5 Å². The summed E-state index contributed by atoms with van der Waals surface area (Å²) in [7, 11) is 0. The van der Waals surface area contributed by atoms with Gasteiger partial charge in [-0.3, -0.25) is 0 Å². The standard InChI is InChI=1S/C44H22N4S2/c45-23-25-9-13-38-31(17-25)29-5-1-3-7-37(29)47(38)27-11-15-42-34(19-27)35-20-28(12-16-43(35)49-42)48-39-14-10-26(24-46)18-32(39)33-22-44-36(21-40(33)48)30-6-2-4-8-41(30)50-44/h1-22H. The van der Waals surface area contributed by atoms with Crippen LogP contribution >= 0.6 is 22.7 Å². The average Bonchev–Trinajstić information content (AvgIpc) is 3.90. The van der Waals surface area contributed by atoms with Gasteiger partial charge in [0.05, 0.1) is 45.3 Å². The molecular weight excluding hydrogens is 649 g/mol. The molecule has 11 aromatic rings. The number of thiophene rings is 2. The zero-order valence-electron chi connectivity index (χ0n) is 26.3. The third kappa shape index (κ3) is 3.72. The number of nitrogens with zero attached hydrogens (tertiary/aromatic N) is 4. The van der Waals surface area contributed by atoms with Crippen molar-refractivity contribution < 1.29 is 0 Å². The minimum atomic E-state index is 0.661. The maximum Gasteiger partial charge on any atom is 0.0991 e. The van der Waals surface area contributed by atoms with Gasteiger partial charge >= 0.3 is 0 Å². The minimum Gasteiger partial charge on any atom is -0.309 e. The van der Waals surface area contributed by atoms with Crippen LogP contribution in [-0.2, 0) is 0 Å². The van der Waals surface area contributed by atoms with Gasteiger partial charge in [0.15, 0.2) is 0 Å². The lowest BCUT2D eigenvalue weighted by atomic mass is 10.1. The first-order chi connectivity index (χ1) is 24.7. The second-order valence-electron chi connectivity index (χ2n) is 12.8. The largest absolute Gasteiger partial charge is 0.309 e. The molecule has 0 saturated heterocycles. The van der Waals surface area contributed by atoms with E-state index in [1.165, 1.54) is 40.3 Å². The van der Waals surface area contributed by atoms with E-state index >= 15 is 0 Å². The highest BCUT2D eigenvalue weighted by Gasteiger charge is 2.18. The molecule has 0 radical (unpaired) electrons. The number of nitriles is 2. The molecule has 4 aromatic heterocycles. The van der Waals surface area contributed by atoms with Gasteiger partial charge in [-0.05, 0) is 97.1 Å². The van der Waals surface area contributed by atoms with Crippen LogP contribution in [0.3, 0.4) is 0 Å². The van der Waals surface area contributed by atoms with Crippen molar-refractivity contribution in [3.8, 4) is 23.5 Å². The van der Waals surface area contributed by atoms with Gasteiger partial charge in [-0.15, -0.1) is 22.7 Å². The predicted octanol–water partition coefficient (Wildman–Crippen LogP) is 12.4. The third-order valence-electron chi connectivity index (χ3n) is 10.1. The zero-order valence-corrected chi connectivity index (χ0v) is 27.9. The fourth-order valence-electron chi connectivity index (χ4n) is 7.94. The van der Waals surface area contributed by atoms with E-state index in [-0.39, 0.29) is 0 Å². The number of rotatable bonds is 2. The Bertz CT molecular complexity index is 3360. The lowest BCUT2D eigenvalue weighted by Crippen LogP contribution is -1.94. The molecule has 50 heavy (non-hydrogen) atoms. The van der Waals surface area contributed by atoms with Gasteiger partial charge in [0, 0.05) is 73.3 Å². The average molecular weight is 671 g/mol. The number of para-hydroxylation sites is 1. The van der Waals surface area contributed by atoms with Crippen molar-refractivity contribution in [2.24, 2.45) is 0 Å². The van der Waals surface area contributed by atoms with Crippen LogP contribution in [0, 0.1) is 22.7 Å². The van der Waals surface area contributed by atoms with E-state index in [0.29, 0.717) is 11.1 Å². The van der Waals surface area contributed by atoms with Crippen molar-refractivity contribution in [2.75, 3.05) is 0 Å². The Labute approximate surface area is 293 Å².